The van der Waals surface area contributed by atoms with Crippen molar-refractivity contribution in [3.63, 3.8) is 0 Å². The van der Waals surface area contributed by atoms with Crippen LogP contribution in [0.2, 0.25) is 0 Å². The minimum absolute atomic E-state index is 0.302. The molecule has 0 aromatic carbocycles. The van der Waals surface area contributed by atoms with Gasteiger partial charge in [-0.05, 0) is 66.7 Å². The van der Waals surface area contributed by atoms with Crippen LogP contribution < -0.4 is 0 Å². The van der Waals surface area contributed by atoms with Crippen LogP contribution in [0.4, 0.5) is 0 Å². The van der Waals surface area contributed by atoms with Crippen LogP contribution in [0.15, 0.2) is 22.7 Å². The zero-order valence-corrected chi connectivity index (χ0v) is 16.8. The van der Waals surface area contributed by atoms with Crippen LogP contribution in [0, 0.1) is 23.2 Å². The fourth-order valence-corrected chi connectivity index (χ4v) is 5.88. The molecular weight excluding hydrogens is 368 g/mol. The highest BCUT2D eigenvalue weighted by Crippen LogP contribution is 2.60. The predicted octanol–water partition coefficient (Wildman–Crippen LogP) is 4.99. The molecule has 2 fully saturated rings. The molecule has 0 amide bonds. The molecule has 2 aliphatic carbocycles. The van der Waals surface area contributed by atoms with Crippen molar-refractivity contribution in [3.8, 4) is 0 Å². The molecule has 0 aromatic heterocycles. The number of esters is 1. The van der Waals surface area contributed by atoms with E-state index < -0.39 is 12.1 Å². The monoisotopic (exact) mass is 398 g/mol. The third-order valence-corrected chi connectivity index (χ3v) is 7.05. The van der Waals surface area contributed by atoms with Crippen molar-refractivity contribution in [2.75, 3.05) is 7.11 Å². The van der Waals surface area contributed by atoms with E-state index in [0.717, 1.165) is 6.42 Å². The summed E-state index contributed by atoms with van der Waals surface area (Å²) >= 11 is 3.56. The lowest BCUT2D eigenvalue weighted by Crippen LogP contribution is -2.36. The van der Waals surface area contributed by atoms with Crippen LogP contribution in [0.1, 0.15) is 58.8 Å². The fourth-order valence-electron chi connectivity index (χ4n) is 5.33. The van der Waals surface area contributed by atoms with Crippen LogP contribution in [0.3, 0.4) is 0 Å². The second-order valence-electron chi connectivity index (χ2n) is 7.95. The summed E-state index contributed by atoms with van der Waals surface area (Å²) in [6, 6.07) is 0. The van der Waals surface area contributed by atoms with Gasteiger partial charge in [-0.25, -0.2) is 4.79 Å². The van der Waals surface area contributed by atoms with E-state index in [9.17, 15) is 9.90 Å². The van der Waals surface area contributed by atoms with Gasteiger partial charge in [-0.1, -0.05) is 41.9 Å². The van der Waals surface area contributed by atoms with Gasteiger partial charge in [-0.3, -0.25) is 0 Å². The minimum Gasteiger partial charge on any atom is -0.466 e. The number of halogens is 1. The topological polar surface area (TPSA) is 46.5 Å². The molecule has 2 rings (SSSR count). The molecule has 1 unspecified atom stereocenters. The largest absolute Gasteiger partial charge is 0.466 e. The Bertz CT molecular complexity index is 513. The Morgan fingerprint density at radius 1 is 1.54 bits per heavy atom. The lowest BCUT2D eigenvalue weighted by atomic mass is 9.61. The zero-order valence-electron chi connectivity index (χ0n) is 15.2. The van der Waals surface area contributed by atoms with Crippen LogP contribution >= 0.6 is 15.9 Å². The number of rotatable bonds is 6. The number of hydrogen-bond acceptors (Lipinski definition) is 3. The van der Waals surface area contributed by atoms with Gasteiger partial charge in [0, 0.05) is 12.0 Å². The highest BCUT2D eigenvalue weighted by atomic mass is 79.9. The van der Waals surface area contributed by atoms with Gasteiger partial charge < -0.3 is 9.84 Å². The standard InChI is InChI=1S/C20H31BrO3/c1-13(10-16(22)11-14(2)19(23)24-4)17-7-8-18-15(12-21)6-5-9-20(17,18)3/h12-13,16-18,22H,2,5-11H2,1,3-4H3/b15-12+/t13-,16+,17-,18?,20-/m1/s1. The summed E-state index contributed by atoms with van der Waals surface area (Å²) in [6.07, 6.45) is 6.74. The number of hydrogen-bond donors (Lipinski definition) is 1. The number of methoxy groups -OCH3 is 1. The molecule has 0 radical (unpaired) electrons. The molecule has 0 heterocycles. The zero-order chi connectivity index (χ0) is 17.9. The molecular formula is C20H31BrO3. The van der Waals surface area contributed by atoms with E-state index in [1.165, 1.54) is 39.2 Å². The number of ether oxygens (including phenoxy) is 1. The van der Waals surface area contributed by atoms with Gasteiger partial charge in [-0.15, -0.1) is 0 Å². The average Bonchev–Trinajstić information content (AvgIpc) is 2.90. The molecule has 24 heavy (non-hydrogen) atoms. The molecule has 2 aliphatic rings. The van der Waals surface area contributed by atoms with Gasteiger partial charge in [0.25, 0.3) is 0 Å². The van der Waals surface area contributed by atoms with Gasteiger partial charge >= 0.3 is 5.97 Å². The van der Waals surface area contributed by atoms with Crippen molar-refractivity contribution in [2.45, 2.75) is 64.9 Å². The van der Waals surface area contributed by atoms with Crippen molar-refractivity contribution in [1.82, 2.24) is 0 Å². The maximum Gasteiger partial charge on any atom is 0.333 e. The molecule has 4 heteroatoms. The highest BCUT2D eigenvalue weighted by Gasteiger charge is 2.50. The van der Waals surface area contributed by atoms with Gasteiger partial charge in [0.1, 0.15) is 0 Å². The number of aliphatic hydroxyl groups is 1. The van der Waals surface area contributed by atoms with Crippen molar-refractivity contribution in [2.24, 2.45) is 23.2 Å². The van der Waals surface area contributed by atoms with Gasteiger partial charge in [-0.2, -0.15) is 0 Å². The summed E-state index contributed by atoms with van der Waals surface area (Å²) in [4.78, 5) is 13.6. The Morgan fingerprint density at radius 2 is 2.25 bits per heavy atom. The lowest BCUT2D eigenvalue weighted by molar-refractivity contribution is -0.136. The van der Waals surface area contributed by atoms with E-state index in [4.69, 9.17) is 0 Å². The minimum atomic E-state index is -0.524. The summed E-state index contributed by atoms with van der Waals surface area (Å²) in [5, 5.41) is 10.4. The fraction of sp³-hybridized carbons (Fsp3) is 0.750. The van der Waals surface area contributed by atoms with Crippen molar-refractivity contribution < 1.29 is 14.6 Å². The Hall–Kier alpha value is -0.610. The Balaban J connectivity index is 1.98. The molecule has 2 saturated carbocycles. The summed E-state index contributed by atoms with van der Waals surface area (Å²) in [5.74, 6) is 1.33. The molecule has 136 valence electrons. The summed E-state index contributed by atoms with van der Waals surface area (Å²) in [6.45, 7) is 8.43. The quantitative estimate of drug-likeness (QED) is 0.506. The number of carbonyl (C=O) groups excluding carboxylic acids is 1. The van der Waals surface area contributed by atoms with E-state index in [0.29, 0.717) is 35.2 Å². The van der Waals surface area contributed by atoms with Crippen LogP contribution in [-0.2, 0) is 9.53 Å². The Morgan fingerprint density at radius 3 is 2.88 bits per heavy atom. The molecule has 0 aromatic rings. The molecule has 5 atom stereocenters. The van der Waals surface area contributed by atoms with Crippen LogP contribution in [0.5, 0.6) is 0 Å². The normalized spacial score (nSPS) is 33.8. The van der Waals surface area contributed by atoms with Crippen molar-refractivity contribution in [1.29, 1.82) is 0 Å². The molecule has 0 aliphatic heterocycles. The van der Waals surface area contributed by atoms with E-state index >= 15 is 0 Å². The van der Waals surface area contributed by atoms with E-state index in [1.807, 2.05) is 0 Å². The average molecular weight is 399 g/mol. The predicted molar refractivity (Wildman–Crippen MR) is 101 cm³/mol. The summed E-state index contributed by atoms with van der Waals surface area (Å²) < 4.78 is 4.67. The number of carbonyl (C=O) groups is 1. The maximum absolute atomic E-state index is 11.5. The Labute approximate surface area is 154 Å². The molecule has 1 N–H and O–H groups in total. The second-order valence-corrected chi connectivity index (χ2v) is 8.40. The number of fused-ring (bicyclic) bond motifs is 1. The van der Waals surface area contributed by atoms with E-state index in [1.54, 1.807) is 5.57 Å². The number of allylic oxidation sites excluding steroid dienone is 1. The van der Waals surface area contributed by atoms with Crippen LogP contribution in [-0.4, -0.2) is 24.3 Å². The van der Waals surface area contributed by atoms with Gasteiger partial charge in [0.2, 0.25) is 0 Å². The summed E-state index contributed by atoms with van der Waals surface area (Å²) in [5.41, 5.74) is 2.27. The maximum atomic E-state index is 11.5. The molecule has 0 spiro atoms. The SMILES string of the molecule is C=C(C[C@@H](O)C[C@@H](C)[C@H]1CCC2/C(=C/Br)CCC[C@@]21C)C(=O)OC. The van der Waals surface area contributed by atoms with Crippen molar-refractivity contribution >= 4 is 21.9 Å². The van der Waals surface area contributed by atoms with Gasteiger partial charge in [0.05, 0.1) is 13.2 Å². The van der Waals surface area contributed by atoms with Crippen LogP contribution in [0.25, 0.3) is 0 Å². The first kappa shape index (κ1) is 19.7. The Kier molecular flexibility index (Phi) is 6.72. The molecule has 0 bridgehead atoms. The smallest absolute Gasteiger partial charge is 0.333 e. The first-order chi connectivity index (χ1) is 11.3. The number of aliphatic hydroxyl groups excluding tert-OH is 1. The second kappa shape index (κ2) is 8.18. The third-order valence-electron chi connectivity index (χ3n) is 6.46. The third kappa shape index (κ3) is 3.96. The van der Waals surface area contributed by atoms with Crippen molar-refractivity contribution in [3.05, 3.63) is 22.7 Å². The lowest BCUT2D eigenvalue weighted by Gasteiger charge is -2.44. The first-order valence-corrected chi connectivity index (χ1v) is 9.98. The van der Waals surface area contributed by atoms with E-state index in [2.05, 4.69) is 46.1 Å². The molecule has 0 saturated heterocycles. The molecule has 3 nitrogen and oxygen atoms in total. The van der Waals surface area contributed by atoms with Gasteiger partial charge in [0.15, 0.2) is 0 Å². The first-order valence-electron chi connectivity index (χ1n) is 9.06. The summed E-state index contributed by atoms with van der Waals surface area (Å²) in [7, 11) is 1.35. The van der Waals surface area contributed by atoms with E-state index in [-0.39, 0.29) is 0 Å². The highest BCUT2D eigenvalue weighted by molar-refractivity contribution is 9.11.